The van der Waals surface area contributed by atoms with E-state index < -0.39 is 35.4 Å². The van der Waals surface area contributed by atoms with Gasteiger partial charge in [0.15, 0.2) is 16.6 Å². The molecule has 9 nitrogen and oxygen atoms in total. The lowest BCUT2D eigenvalue weighted by molar-refractivity contribution is -0.140. The summed E-state index contributed by atoms with van der Waals surface area (Å²) in [6.45, 7) is 0. The van der Waals surface area contributed by atoms with Gasteiger partial charge in [-0.3, -0.25) is 9.59 Å². The molecule has 1 heterocycles. The summed E-state index contributed by atoms with van der Waals surface area (Å²) < 4.78 is 10.1. The van der Waals surface area contributed by atoms with Crippen LogP contribution in [-0.2, 0) is 9.59 Å². The van der Waals surface area contributed by atoms with Crippen LogP contribution >= 0.6 is 12.2 Å². The van der Waals surface area contributed by atoms with E-state index in [-0.39, 0.29) is 22.2 Å². The minimum Gasteiger partial charge on any atom is -0.493 e. The number of ether oxygens (including phenoxy) is 2. The van der Waals surface area contributed by atoms with Gasteiger partial charge < -0.3 is 30.3 Å². The lowest BCUT2D eigenvalue weighted by Crippen LogP contribution is -2.57. The molecule has 128 valence electrons. The summed E-state index contributed by atoms with van der Waals surface area (Å²) in [5.74, 6) is -4.64. The molecule has 0 saturated carbocycles. The van der Waals surface area contributed by atoms with E-state index in [9.17, 15) is 24.6 Å². The maximum atomic E-state index is 12.0. The molecule has 0 spiro atoms. The number of carbonyl (C=O) groups is 3. The number of carbonyl (C=O) groups excluding carboxylic acids is 2. The zero-order chi connectivity index (χ0) is 18.0. The quantitative estimate of drug-likeness (QED) is 0.414. The van der Waals surface area contributed by atoms with Crippen molar-refractivity contribution in [2.75, 3.05) is 14.2 Å². The van der Waals surface area contributed by atoms with Crippen LogP contribution in [0.2, 0.25) is 0 Å². The molecule has 1 fully saturated rings. The molecule has 1 unspecified atom stereocenters. The molecule has 2 amide bonds. The fourth-order valence-electron chi connectivity index (χ4n) is 2.41. The zero-order valence-electron chi connectivity index (χ0n) is 12.7. The molecule has 4 N–H and O–H groups in total. The monoisotopic (exact) mass is 354 g/mol. The van der Waals surface area contributed by atoms with Gasteiger partial charge in [0.05, 0.1) is 14.2 Å². The Hall–Kier alpha value is -2.72. The molecular weight excluding hydrogens is 340 g/mol. The van der Waals surface area contributed by atoms with Gasteiger partial charge >= 0.3 is 5.97 Å². The van der Waals surface area contributed by atoms with E-state index in [1.54, 1.807) is 0 Å². The molecule has 1 saturated heterocycles. The Morgan fingerprint density at radius 3 is 2.25 bits per heavy atom. The summed E-state index contributed by atoms with van der Waals surface area (Å²) in [6.07, 6.45) is -1.72. The second-order valence-corrected chi connectivity index (χ2v) is 5.21. The van der Waals surface area contributed by atoms with Crippen LogP contribution in [0, 0.1) is 5.92 Å². The van der Waals surface area contributed by atoms with E-state index in [1.807, 2.05) is 0 Å². The molecule has 1 aromatic carbocycles. The van der Waals surface area contributed by atoms with Crippen LogP contribution in [-0.4, -0.2) is 47.3 Å². The normalized spacial score (nSPS) is 16.2. The minimum atomic E-state index is -1.72. The van der Waals surface area contributed by atoms with E-state index >= 15 is 0 Å². The second-order valence-electron chi connectivity index (χ2n) is 4.80. The molecule has 0 aliphatic carbocycles. The maximum absolute atomic E-state index is 12.0. The summed E-state index contributed by atoms with van der Waals surface area (Å²) in [6, 6.07) is 2.62. The van der Waals surface area contributed by atoms with E-state index in [1.165, 1.54) is 26.4 Å². The van der Waals surface area contributed by atoms with E-state index in [0.717, 1.165) is 0 Å². The SMILES string of the molecule is COc1ccc(C(O)C2C(=O)NC(=S)NC2=O)c(C(=O)O)c1OC. The second kappa shape index (κ2) is 6.81. The van der Waals surface area contributed by atoms with Crippen LogP contribution < -0.4 is 20.1 Å². The zero-order valence-corrected chi connectivity index (χ0v) is 13.5. The Balaban J connectivity index is 2.55. The number of benzene rings is 1. The lowest BCUT2D eigenvalue weighted by atomic mass is 9.89. The van der Waals surface area contributed by atoms with Crippen molar-refractivity contribution in [2.45, 2.75) is 6.10 Å². The minimum absolute atomic E-state index is 0.129. The predicted molar refractivity (Wildman–Crippen MR) is 83.8 cm³/mol. The van der Waals surface area contributed by atoms with Gasteiger partial charge in [-0.1, -0.05) is 6.07 Å². The third kappa shape index (κ3) is 3.01. The Bertz CT molecular complexity index is 714. The number of aromatic carboxylic acids is 1. The van der Waals surface area contributed by atoms with Gasteiger partial charge in [0.25, 0.3) is 0 Å². The summed E-state index contributed by atoms with van der Waals surface area (Å²) in [5, 5.41) is 24.1. The fourth-order valence-corrected chi connectivity index (χ4v) is 2.61. The molecule has 0 aromatic heterocycles. The predicted octanol–water partition coefficient (Wildman–Crippen LogP) is -0.417. The highest BCUT2D eigenvalue weighted by Crippen LogP contribution is 2.38. The van der Waals surface area contributed by atoms with Crippen LogP contribution in [0.3, 0.4) is 0 Å². The first-order chi connectivity index (χ1) is 11.3. The number of methoxy groups -OCH3 is 2. The Morgan fingerprint density at radius 2 is 1.79 bits per heavy atom. The summed E-state index contributed by atoms with van der Waals surface area (Å²) in [5.41, 5.74) is -0.568. The average molecular weight is 354 g/mol. The van der Waals surface area contributed by atoms with Crippen molar-refractivity contribution in [1.29, 1.82) is 0 Å². The number of hydrogen-bond donors (Lipinski definition) is 4. The van der Waals surface area contributed by atoms with Crippen LogP contribution in [0.4, 0.5) is 0 Å². The number of carboxylic acid groups (broad SMARTS) is 1. The number of aliphatic hydroxyl groups excluding tert-OH is 1. The third-order valence-corrected chi connectivity index (χ3v) is 3.67. The molecule has 2 rings (SSSR count). The largest absolute Gasteiger partial charge is 0.493 e. The Morgan fingerprint density at radius 1 is 1.21 bits per heavy atom. The van der Waals surface area contributed by atoms with E-state index in [4.69, 9.17) is 9.47 Å². The topological polar surface area (TPSA) is 134 Å². The highest BCUT2D eigenvalue weighted by atomic mass is 32.1. The van der Waals surface area contributed by atoms with Crippen molar-refractivity contribution in [3.63, 3.8) is 0 Å². The van der Waals surface area contributed by atoms with Crippen molar-refractivity contribution in [1.82, 2.24) is 10.6 Å². The average Bonchev–Trinajstić information content (AvgIpc) is 2.51. The first kappa shape index (κ1) is 17.6. The standard InChI is InChI=1S/C14H14N2O7S/c1-22-6-4-3-5(7(13(20)21)10(6)23-2)9(17)8-11(18)15-14(24)16-12(8)19/h3-4,8-9,17H,1-2H3,(H,20,21)(H2,15,16,18,19,24). The number of thiocarbonyl (C=S) groups is 1. The molecule has 10 heteroatoms. The van der Waals surface area contributed by atoms with Gasteiger partial charge in [-0.2, -0.15) is 0 Å². The number of rotatable bonds is 5. The van der Waals surface area contributed by atoms with Crippen LogP contribution in [0.5, 0.6) is 11.5 Å². The first-order valence-electron chi connectivity index (χ1n) is 6.63. The molecule has 0 bridgehead atoms. The Labute approximate surface area is 141 Å². The molecule has 1 aliphatic heterocycles. The molecule has 1 aliphatic rings. The number of nitrogens with one attached hydrogen (secondary N) is 2. The molecule has 1 aromatic rings. The van der Waals surface area contributed by atoms with E-state index in [2.05, 4.69) is 22.9 Å². The van der Waals surface area contributed by atoms with Crippen molar-refractivity contribution in [3.8, 4) is 11.5 Å². The van der Waals surface area contributed by atoms with Gasteiger partial charge in [-0.05, 0) is 18.3 Å². The van der Waals surface area contributed by atoms with Crippen molar-refractivity contribution in [3.05, 3.63) is 23.3 Å². The van der Waals surface area contributed by atoms with Crippen LogP contribution in [0.15, 0.2) is 12.1 Å². The highest BCUT2D eigenvalue weighted by molar-refractivity contribution is 7.80. The highest BCUT2D eigenvalue weighted by Gasteiger charge is 2.41. The van der Waals surface area contributed by atoms with Gasteiger partial charge in [0, 0.05) is 5.56 Å². The van der Waals surface area contributed by atoms with Gasteiger partial charge in [-0.25, -0.2) is 4.79 Å². The third-order valence-electron chi connectivity index (χ3n) is 3.46. The summed E-state index contributed by atoms with van der Waals surface area (Å²) in [4.78, 5) is 35.5. The number of aliphatic hydroxyl groups is 1. The van der Waals surface area contributed by atoms with Gasteiger partial charge in [0.1, 0.15) is 17.6 Å². The maximum Gasteiger partial charge on any atom is 0.340 e. The van der Waals surface area contributed by atoms with Crippen LogP contribution in [0.1, 0.15) is 22.0 Å². The Kier molecular flexibility index (Phi) is 5.00. The van der Waals surface area contributed by atoms with Crippen molar-refractivity contribution in [2.24, 2.45) is 5.92 Å². The lowest BCUT2D eigenvalue weighted by Gasteiger charge is -2.27. The van der Waals surface area contributed by atoms with Gasteiger partial charge in [0.2, 0.25) is 11.8 Å². The number of hydrogen-bond acceptors (Lipinski definition) is 7. The van der Waals surface area contributed by atoms with Crippen LogP contribution in [0.25, 0.3) is 0 Å². The van der Waals surface area contributed by atoms with Crippen molar-refractivity contribution < 1.29 is 34.1 Å². The fraction of sp³-hybridized carbons (Fsp3) is 0.286. The molecule has 1 atom stereocenters. The molecular formula is C14H14N2O7S. The summed E-state index contributed by atoms with van der Waals surface area (Å²) >= 11 is 4.68. The molecule has 0 radical (unpaired) electrons. The number of amides is 2. The first-order valence-corrected chi connectivity index (χ1v) is 7.04. The number of carboxylic acids is 1. The summed E-state index contributed by atoms with van der Waals surface area (Å²) in [7, 11) is 2.56. The smallest absolute Gasteiger partial charge is 0.340 e. The van der Waals surface area contributed by atoms with Gasteiger partial charge in [-0.15, -0.1) is 0 Å². The molecule has 24 heavy (non-hydrogen) atoms. The van der Waals surface area contributed by atoms with Crippen molar-refractivity contribution >= 4 is 35.1 Å². The van der Waals surface area contributed by atoms with E-state index in [0.29, 0.717) is 0 Å².